The molecule has 1 atom stereocenters. The van der Waals surface area contributed by atoms with Gasteiger partial charge in [0.15, 0.2) is 11.5 Å². The molecule has 1 saturated heterocycles. The Hall–Kier alpha value is -2.54. The lowest BCUT2D eigenvalue weighted by molar-refractivity contribution is -0.113. The van der Waals surface area contributed by atoms with Gasteiger partial charge in [-0.15, -0.1) is 5.10 Å². The summed E-state index contributed by atoms with van der Waals surface area (Å²) in [5, 5.41) is 7.95. The quantitative estimate of drug-likeness (QED) is 0.499. The van der Waals surface area contributed by atoms with E-state index in [1.54, 1.807) is 4.63 Å². The number of aryl methyl sites for hydroxylation is 3. The van der Waals surface area contributed by atoms with Crippen LogP contribution in [0, 0.1) is 20.8 Å². The van der Waals surface area contributed by atoms with Crippen LogP contribution in [-0.4, -0.2) is 49.8 Å². The second-order valence-electron chi connectivity index (χ2n) is 7.04. The maximum atomic E-state index is 12.0. The molecule has 1 aliphatic heterocycles. The van der Waals surface area contributed by atoms with Crippen molar-refractivity contribution in [2.45, 2.75) is 39.7 Å². The van der Waals surface area contributed by atoms with Gasteiger partial charge in [-0.3, -0.25) is 9.89 Å². The summed E-state index contributed by atoms with van der Waals surface area (Å²) in [4.78, 5) is 18.3. The summed E-state index contributed by atoms with van der Waals surface area (Å²) in [5.41, 5.74) is 3.78. The molecule has 4 rings (SSSR count). The largest absolute Gasteiger partial charge is 0.493 e. The van der Waals surface area contributed by atoms with Crippen molar-refractivity contribution in [2.75, 3.05) is 13.2 Å². The molecule has 27 heavy (non-hydrogen) atoms. The third-order valence-electron chi connectivity index (χ3n) is 4.83. The van der Waals surface area contributed by atoms with Crippen molar-refractivity contribution in [1.82, 2.24) is 24.7 Å². The maximum absolute atomic E-state index is 12.0. The highest BCUT2D eigenvalue weighted by Gasteiger charge is 2.45. The molecule has 0 saturated carbocycles. The van der Waals surface area contributed by atoms with Crippen molar-refractivity contribution in [3.63, 3.8) is 0 Å². The van der Waals surface area contributed by atoms with Crippen LogP contribution in [0.5, 0.6) is 5.75 Å². The lowest BCUT2D eigenvalue weighted by Gasteiger charge is -2.10. The SMILES string of the molecule is Cc1ccc(OCCCN2C(=O)C2Cc2nc3c(Cl)c(C)[nH]n3n2)c(C)c1. The minimum Gasteiger partial charge on any atom is -0.493 e. The van der Waals surface area contributed by atoms with Crippen molar-refractivity contribution in [2.24, 2.45) is 0 Å². The van der Waals surface area contributed by atoms with Gasteiger partial charge in [0, 0.05) is 13.0 Å². The fourth-order valence-corrected chi connectivity index (χ4v) is 3.48. The predicted octanol–water partition coefficient (Wildman–Crippen LogP) is 2.86. The van der Waals surface area contributed by atoms with Crippen molar-refractivity contribution in [1.29, 1.82) is 0 Å². The van der Waals surface area contributed by atoms with Gasteiger partial charge in [-0.1, -0.05) is 29.3 Å². The standard InChI is InChI=1S/C19H22ClN5O2/c1-11-5-6-15(12(2)9-11)27-8-4-7-24-14(19(24)26)10-16-21-18-17(20)13(3)22-25(18)23-16/h5-6,9,14,22H,4,7-8,10H2,1-3H3. The predicted molar refractivity (Wildman–Crippen MR) is 102 cm³/mol. The summed E-state index contributed by atoms with van der Waals surface area (Å²) in [7, 11) is 0. The molecular formula is C19H22ClN5O2. The van der Waals surface area contributed by atoms with Gasteiger partial charge in [0.25, 0.3) is 0 Å². The zero-order valence-corrected chi connectivity index (χ0v) is 16.4. The first-order valence-electron chi connectivity index (χ1n) is 9.04. The first-order chi connectivity index (χ1) is 12.9. The van der Waals surface area contributed by atoms with Crippen LogP contribution in [0.1, 0.15) is 29.1 Å². The Morgan fingerprint density at radius 1 is 1.30 bits per heavy atom. The Balaban J connectivity index is 1.26. The van der Waals surface area contributed by atoms with E-state index in [-0.39, 0.29) is 11.9 Å². The molecule has 3 heterocycles. The fourth-order valence-electron chi connectivity index (χ4n) is 3.31. The van der Waals surface area contributed by atoms with Crippen molar-refractivity contribution < 1.29 is 9.53 Å². The monoisotopic (exact) mass is 387 g/mol. The van der Waals surface area contributed by atoms with Crippen molar-refractivity contribution in [3.05, 3.63) is 45.9 Å². The average molecular weight is 388 g/mol. The number of carbonyl (C=O) groups excluding carboxylic acids is 1. The van der Waals surface area contributed by atoms with Gasteiger partial charge in [-0.25, -0.2) is 4.98 Å². The molecule has 3 aromatic rings. The van der Waals surface area contributed by atoms with E-state index in [1.807, 2.05) is 30.9 Å². The minimum atomic E-state index is -0.141. The highest BCUT2D eigenvalue weighted by atomic mass is 35.5. The summed E-state index contributed by atoms with van der Waals surface area (Å²) in [6, 6.07) is 6.00. The van der Waals surface area contributed by atoms with Gasteiger partial charge in [0.05, 0.1) is 12.3 Å². The van der Waals surface area contributed by atoms with Crippen LogP contribution < -0.4 is 4.74 Å². The van der Waals surface area contributed by atoms with Gasteiger partial charge in [0.2, 0.25) is 5.91 Å². The fraction of sp³-hybridized carbons (Fsp3) is 0.421. The molecule has 0 radical (unpaired) electrons. The molecule has 1 aliphatic rings. The van der Waals surface area contributed by atoms with E-state index >= 15 is 0 Å². The van der Waals surface area contributed by atoms with E-state index in [4.69, 9.17) is 16.3 Å². The third-order valence-corrected chi connectivity index (χ3v) is 5.29. The molecule has 0 bridgehead atoms. The number of aromatic nitrogens is 4. The molecule has 1 fully saturated rings. The van der Waals surface area contributed by atoms with Gasteiger partial charge >= 0.3 is 0 Å². The number of fused-ring (bicyclic) bond motifs is 1. The van der Waals surface area contributed by atoms with E-state index in [0.29, 0.717) is 36.1 Å². The first-order valence-corrected chi connectivity index (χ1v) is 9.42. The summed E-state index contributed by atoms with van der Waals surface area (Å²) < 4.78 is 7.39. The van der Waals surface area contributed by atoms with E-state index in [1.165, 1.54) is 5.56 Å². The molecule has 2 aromatic heterocycles. The number of aromatic amines is 1. The summed E-state index contributed by atoms with van der Waals surface area (Å²) in [6.45, 7) is 7.24. The molecule has 0 aliphatic carbocycles. The number of carbonyl (C=O) groups is 1. The molecule has 0 spiro atoms. The summed E-state index contributed by atoms with van der Waals surface area (Å²) in [6.07, 6.45) is 1.29. The number of ether oxygens (including phenoxy) is 1. The zero-order valence-electron chi connectivity index (χ0n) is 15.6. The van der Waals surface area contributed by atoms with Gasteiger partial charge < -0.3 is 9.64 Å². The average Bonchev–Trinajstić information content (AvgIpc) is 2.93. The maximum Gasteiger partial charge on any atom is 0.246 e. The van der Waals surface area contributed by atoms with E-state index in [9.17, 15) is 4.79 Å². The second kappa shape index (κ2) is 6.88. The number of rotatable bonds is 7. The molecule has 1 aromatic carbocycles. The number of hydrogen-bond acceptors (Lipinski definition) is 4. The lowest BCUT2D eigenvalue weighted by atomic mass is 10.1. The highest BCUT2D eigenvalue weighted by Crippen LogP contribution is 2.25. The van der Waals surface area contributed by atoms with Crippen LogP contribution in [0.4, 0.5) is 0 Å². The number of nitrogens with zero attached hydrogens (tertiary/aromatic N) is 4. The van der Waals surface area contributed by atoms with Crippen molar-refractivity contribution >= 4 is 23.2 Å². The molecule has 7 nitrogen and oxygen atoms in total. The number of halogens is 1. The number of nitrogens with one attached hydrogen (secondary N) is 1. The molecule has 1 unspecified atom stereocenters. The Morgan fingerprint density at radius 3 is 2.85 bits per heavy atom. The molecule has 1 N–H and O–H groups in total. The molecule has 1 amide bonds. The summed E-state index contributed by atoms with van der Waals surface area (Å²) >= 11 is 6.17. The van der Waals surface area contributed by atoms with Gasteiger partial charge in [-0.2, -0.15) is 4.63 Å². The smallest absolute Gasteiger partial charge is 0.246 e. The number of benzene rings is 1. The molecule has 142 valence electrons. The van der Waals surface area contributed by atoms with Crippen LogP contribution in [0.25, 0.3) is 5.65 Å². The van der Waals surface area contributed by atoms with E-state index < -0.39 is 0 Å². The van der Waals surface area contributed by atoms with Crippen LogP contribution >= 0.6 is 11.6 Å². The number of amides is 1. The van der Waals surface area contributed by atoms with Crippen LogP contribution in [-0.2, 0) is 11.2 Å². The number of H-pyrrole nitrogens is 1. The zero-order chi connectivity index (χ0) is 19.1. The Kier molecular flexibility index (Phi) is 4.55. The van der Waals surface area contributed by atoms with E-state index in [0.717, 1.165) is 23.4 Å². The van der Waals surface area contributed by atoms with E-state index in [2.05, 4.69) is 28.2 Å². The number of hydrogen-bond donors (Lipinski definition) is 1. The van der Waals surface area contributed by atoms with Crippen molar-refractivity contribution in [3.8, 4) is 5.75 Å². The van der Waals surface area contributed by atoms with Crippen LogP contribution in [0.15, 0.2) is 18.2 Å². The highest BCUT2D eigenvalue weighted by molar-refractivity contribution is 6.34. The Morgan fingerprint density at radius 2 is 2.11 bits per heavy atom. The van der Waals surface area contributed by atoms with Crippen LogP contribution in [0.2, 0.25) is 5.02 Å². The summed E-state index contributed by atoms with van der Waals surface area (Å²) in [5.74, 6) is 1.66. The Labute approximate surface area is 162 Å². The lowest BCUT2D eigenvalue weighted by Crippen LogP contribution is -2.11. The normalized spacial score (nSPS) is 16.4. The molecular weight excluding hydrogens is 366 g/mol. The molecule has 8 heteroatoms. The second-order valence-corrected chi connectivity index (χ2v) is 7.41. The van der Waals surface area contributed by atoms with Gasteiger partial charge in [-0.05, 0) is 38.8 Å². The minimum absolute atomic E-state index is 0.141. The Bertz CT molecular complexity index is 1010. The van der Waals surface area contributed by atoms with Gasteiger partial charge in [0.1, 0.15) is 16.8 Å². The first kappa shape index (κ1) is 17.9. The third kappa shape index (κ3) is 3.51. The topological polar surface area (TPSA) is 75.3 Å². The van der Waals surface area contributed by atoms with Crippen LogP contribution in [0.3, 0.4) is 0 Å².